The summed E-state index contributed by atoms with van der Waals surface area (Å²) in [5.74, 6) is -0.461. The number of alkyl halides is 3. The standard InChI is InChI=1S/C10H13F3N4O2S/c1-6(20(2,19)17-9(14)16-18)7-3-4-8(15-5-7)10(11,12)13/h3-5,18H,1-2H3,(H3,14,16,17,19). The van der Waals surface area contributed by atoms with Gasteiger partial charge < -0.3 is 5.73 Å². The van der Waals surface area contributed by atoms with Crippen molar-refractivity contribution in [1.29, 1.82) is 0 Å². The fourth-order valence-corrected chi connectivity index (χ4v) is 2.38. The topological polar surface area (TPSA) is 101 Å². The van der Waals surface area contributed by atoms with Crippen molar-refractivity contribution in [1.82, 2.24) is 10.5 Å². The largest absolute Gasteiger partial charge is 0.433 e. The number of nitrogens with one attached hydrogen (secondary N) is 1. The maximum Gasteiger partial charge on any atom is 0.433 e. The molecule has 112 valence electrons. The minimum absolute atomic E-state index is 0.192. The zero-order chi connectivity index (χ0) is 15.6. The third-order valence-corrected chi connectivity index (χ3v) is 4.33. The SMILES string of the molecule is CC(c1ccc(C(F)(F)F)nc1)=S(C)(=O)N=C(N)NO. The Hall–Kier alpha value is -1.81. The first-order valence-corrected chi connectivity index (χ1v) is 7.12. The number of rotatable bonds is 2. The van der Waals surface area contributed by atoms with Crippen LogP contribution in [0.2, 0.25) is 0 Å². The number of hydrogen-bond acceptors (Lipinski definition) is 3. The van der Waals surface area contributed by atoms with E-state index in [1.165, 1.54) is 18.7 Å². The summed E-state index contributed by atoms with van der Waals surface area (Å²) >= 11 is 0. The fraction of sp³-hybridized carbons (Fsp3) is 0.300. The number of hydroxylamine groups is 1. The maximum absolute atomic E-state index is 12.4. The van der Waals surface area contributed by atoms with Gasteiger partial charge in [-0.05, 0) is 13.0 Å². The molecule has 0 saturated carbocycles. The Bertz CT molecular complexity index is 631. The van der Waals surface area contributed by atoms with Gasteiger partial charge >= 0.3 is 6.18 Å². The number of nitrogens with zero attached hydrogens (tertiary/aromatic N) is 2. The lowest BCUT2D eigenvalue weighted by atomic mass is 10.2. The number of pyridine rings is 1. The van der Waals surface area contributed by atoms with E-state index in [-0.39, 0.29) is 10.4 Å². The van der Waals surface area contributed by atoms with Crippen LogP contribution in [0.15, 0.2) is 22.7 Å². The zero-order valence-corrected chi connectivity index (χ0v) is 11.4. The van der Waals surface area contributed by atoms with Crippen molar-refractivity contribution in [3.05, 3.63) is 29.6 Å². The fourth-order valence-electron chi connectivity index (χ4n) is 1.27. The normalized spacial score (nSPS) is 15.6. The molecule has 1 aromatic heterocycles. The summed E-state index contributed by atoms with van der Waals surface area (Å²) in [6.07, 6.45) is -2.34. The van der Waals surface area contributed by atoms with E-state index < -0.39 is 27.5 Å². The number of aromatic nitrogens is 1. The molecular formula is C10H13F3N4O2S. The lowest BCUT2D eigenvalue weighted by Gasteiger charge is -2.09. The summed E-state index contributed by atoms with van der Waals surface area (Å²) in [5.41, 5.74) is 5.91. The lowest BCUT2D eigenvalue weighted by Crippen LogP contribution is -2.30. The molecule has 0 fully saturated rings. The van der Waals surface area contributed by atoms with E-state index in [0.29, 0.717) is 0 Å². The van der Waals surface area contributed by atoms with Gasteiger partial charge in [-0.1, -0.05) is 6.07 Å². The summed E-state index contributed by atoms with van der Waals surface area (Å²) in [6, 6.07) is 1.93. The van der Waals surface area contributed by atoms with Crippen LogP contribution in [0.25, 0.3) is 0 Å². The average molecular weight is 310 g/mol. The molecule has 1 rings (SSSR count). The van der Waals surface area contributed by atoms with Gasteiger partial charge in [0.05, 0.1) is 9.71 Å². The minimum Gasteiger partial charge on any atom is -0.367 e. The van der Waals surface area contributed by atoms with E-state index in [1.807, 2.05) is 0 Å². The molecule has 0 aromatic carbocycles. The third-order valence-electron chi connectivity index (χ3n) is 2.42. The van der Waals surface area contributed by atoms with E-state index in [4.69, 9.17) is 10.9 Å². The highest BCUT2D eigenvalue weighted by molar-refractivity contribution is 8.01. The highest BCUT2D eigenvalue weighted by Crippen LogP contribution is 2.27. The van der Waals surface area contributed by atoms with E-state index in [1.54, 1.807) is 0 Å². The Labute approximate surface area is 113 Å². The van der Waals surface area contributed by atoms with Gasteiger partial charge in [0, 0.05) is 22.9 Å². The first kappa shape index (κ1) is 16.2. The second-order valence-electron chi connectivity index (χ2n) is 3.88. The monoisotopic (exact) mass is 310 g/mol. The molecule has 0 aliphatic heterocycles. The highest BCUT2D eigenvalue weighted by Gasteiger charge is 2.32. The Morgan fingerprint density at radius 3 is 2.50 bits per heavy atom. The third kappa shape index (κ3) is 3.84. The molecule has 6 nitrogen and oxygen atoms in total. The van der Waals surface area contributed by atoms with Crippen LogP contribution in [0.3, 0.4) is 0 Å². The summed E-state index contributed by atoms with van der Waals surface area (Å²) in [5, 5.41) is 8.50. The van der Waals surface area contributed by atoms with E-state index in [2.05, 4.69) is 9.38 Å². The highest BCUT2D eigenvalue weighted by atomic mass is 32.2. The van der Waals surface area contributed by atoms with Crippen molar-refractivity contribution in [2.75, 3.05) is 6.26 Å². The van der Waals surface area contributed by atoms with Crippen LogP contribution in [0.1, 0.15) is 18.2 Å². The van der Waals surface area contributed by atoms with Crippen molar-refractivity contribution in [2.24, 2.45) is 10.1 Å². The van der Waals surface area contributed by atoms with Crippen LogP contribution in [0.4, 0.5) is 13.2 Å². The van der Waals surface area contributed by atoms with Gasteiger partial charge in [-0.3, -0.25) is 10.2 Å². The molecule has 0 aliphatic rings. The summed E-state index contributed by atoms with van der Waals surface area (Å²) in [7, 11) is -2.99. The zero-order valence-electron chi connectivity index (χ0n) is 10.6. The molecule has 1 atom stereocenters. The molecule has 20 heavy (non-hydrogen) atoms. The van der Waals surface area contributed by atoms with Crippen LogP contribution in [0, 0.1) is 0 Å². The van der Waals surface area contributed by atoms with Gasteiger partial charge in [-0.2, -0.15) is 17.6 Å². The smallest absolute Gasteiger partial charge is 0.367 e. The molecular weight excluding hydrogens is 297 g/mol. The summed E-state index contributed by atoms with van der Waals surface area (Å²) in [6.45, 7) is 1.43. The Balaban J connectivity index is 3.28. The first-order chi connectivity index (χ1) is 9.08. The predicted octanol–water partition coefficient (Wildman–Crippen LogP) is 0.764. The average Bonchev–Trinajstić information content (AvgIpc) is 2.36. The molecule has 1 heterocycles. The predicted molar refractivity (Wildman–Crippen MR) is 69.6 cm³/mol. The van der Waals surface area contributed by atoms with Gasteiger partial charge in [0.15, 0.2) is 0 Å². The van der Waals surface area contributed by atoms with E-state index in [9.17, 15) is 17.4 Å². The number of hydrogen-bond donors (Lipinski definition) is 3. The molecule has 0 radical (unpaired) electrons. The quantitative estimate of drug-likeness (QED) is 0.246. The number of halogens is 3. The van der Waals surface area contributed by atoms with Gasteiger partial charge in [0.1, 0.15) is 5.69 Å². The minimum atomic E-state index is -4.54. The van der Waals surface area contributed by atoms with Crippen molar-refractivity contribution in [2.45, 2.75) is 13.1 Å². The maximum atomic E-state index is 12.4. The van der Waals surface area contributed by atoms with Crippen molar-refractivity contribution in [3.8, 4) is 0 Å². The second kappa shape index (κ2) is 5.67. The van der Waals surface area contributed by atoms with Gasteiger partial charge in [0.25, 0.3) is 0 Å². The van der Waals surface area contributed by atoms with Crippen molar-refractivity contribution in [3.63, 3.8) is 0 Å². The molecule has 4 N–H and O–H groups in total. The first-order valence-electron chi connectivity index (χ1n) is 5.20. The molecule has 1 unspecified atom stereocenters. The summed E-state index contributed by atoms with van der Waals surface area (Å²) < 4.78 is 52.9. The van der Waals surface area contributed by atoms with Crippen LogP contribution < -0.4 is 11.2 Å². The van der Waals surface area contributed by atoms with E-state index >= 15 is 0 Å². The lowest BCUT2D eigenvalue weighted by molar-refractivity contribution is -0.141. The van der Waals surface area contributed by atoms with Crippen LogP contribution in [-0.2, 0) is 15.9 Å². The summed E-state index contributed by atoms with van der Waals surface area (Å²) in [4.78, 5) is 3.46. The molecule has 0 spiro atoms. The molecule has 0 saturated heterocycles. The molecule has 0 amide bonds. The molecule has 10 heteroatoms. The number of nitrogens with two attached hydrogens (primary N) is 1. The molecule has 1 aromatic rings. The van der Waals surface area contributed by atoms with Gasteiger partial charge in [-0.25, -0.2) is 9.69 Å². The van der Waals surface area contributed by atoms with E-state index in [0.717, 1.165) is 18.3 Å². The Morgan fingerprint density at radius 1 is 1.50 bits per heavy atom. The molecule has 0 bridgehead atoms. The van der Waals surface area contributed by atoms with Crippen molar-refractivity contribution < 1.29 is 22.6 Å². The van der Waals surface area contributed by atoms with Gasteiger partial charge in [-0.15, -0.1) is 0 Å². The van der Waals surface area contributed by atoms with Crippen LogP contribution in [0.5, 0.6) is 0 Å². The Kier molecular flexibility index (Phi) is 4.61. The number of guanidine groups is 1. The van der Waals surface area contributed by atoms with Crippen LogP contribution >= 0.6 is 0 Å². The molecule has 0 aliphatic carbocycles. The Morgan fingerprint density at radius 2 is 2.10 bits per heavy atom. The van der Waals surface area contributed by atoms with Crippen LogP contribution in [-0.4, -0.2) is 31.5 Å². The van der Waals surface area contributed by atoms with Gasteiger partial charge in [0.2, 0.25) is 5.96 Å². The second-order valence-corrected chi connectivity index (χ2v) is 6.28. The van der Waals surface area contributed by atoms with Crippen molar-refractivity contribution >= 4 is 20.5 Å².